The molecule has 0 aliphatic carbocycles. The van der Waals surface area contributed by atoms with Gasteiger partial charge in [-0.1, -0.05) is 11.2 Å². The molecule has 0 atom stereocenters. The lowest BCUT2D eigenvalue weighted by Crippen LogP contribution is -2.39. The Bertz CT molecular complexity index is 839. The van der Waals surface area contributed by atoms with Gasteiger partial charge in [0.25, 0.3) is 5.89 Å². The molecular weight excluding hydrogens is 487 g/mol. The number of hydrogen-bond acceptors (Lipinski definition) is 7. The van der Waals surface area contributed by atoms with E-state index in [0.717, 1.165) is 24.7 Å². The first-order valence-corrected chi connectivity index (χ1v) is 9.14. The number of nitrogens with zero attached hydrogens (tertiary/aromatic N) is 4. The fraction of sp³-hybridized carbons (Fsp3) is 0.368. The van der Waals surface area contributed by atoms with Crippen LogP contribution in [0.5, 0.6) is 0 Å². The molecule has 0 saturated carbocycles. The first kappa shape index (κ1) is 22.8. The number of aromatic nitrogens is 3. The van der Waals surface area contributed by atoms with Crippen LogP contribution in [-0.4, -0.2) is 47.8 Å². The summed E-state index contributed by atoms with van der Waals surface area (Å²) in [5.74, 6) is 2.60. The minimum absolute atomic E-state index is 0. The number of pyridine rings is 1. The average Bonchev–Trinajstić information content (AvgIpc) is 3.42. The molecule has 0 saturated heterocycles. The number of nitrogens with one attached hydrogen (secondary N) is 2. The molecule has 0 spiro atoms. The smallest absolute Gasteiger partial charge is 0.276 e. The van der Waals surface area contributed by atoms with Crippen molar-refractivity contribution in [1.82, 2.24) is 25.8 Å². The third-order valence-electron chi connectivity index (χ3n) is 3.80. The highest BCUT2D eigenvalue weighted by atomic mass is 127. The van der Waals surface area contributed by atoms with E-state index in [-0.39, 0.29) is 24.0 Å². The second kappa shape index (κ2) is 12.9. The highest BCUT2D eigenvalue weighted by Crippen LogP contribution is 2.13. The summed E-state index contributed by atoms with van der Waals surface area (Å²) in [4.78, 5) is 12.7. The number of rotatable bonds is 10. The maximum absolute atomic E-state index is 5.55. The van der Waals surface area contributed by atoms with Gasteiger partial charge in [-0.3, -0.25) is 9.98 Å². The van der Waals surface area contributed by atoms with Crippen molar-refractivity contribution < 1.29 is 13.7 Å². The second-order valence-corrected chi connectivity index (χ2v) is 5.89. The lowest BCUT2D eigenvalue weighted by Gasteiger charge is -2.11. The molecule has 0 radical (unpaired) electrons. The Morgan fingerprint density at radius 2 is 2.07 bits per heavy atom. The standard InChI is InChI=1S/C19H24N6O3.HI/c1-20-19(22-10-5-12-26-14-15-6-4-13-27-15)23-11-8-17-24-18(28-25-17)16-7-2-3-9-21-16;/h2-4,6-7,9,13H,5,8,10-12,14H2,1H3,(H2,20,22,23);1H. The van der Waals surface area contributed by atoms with Crippen molar-refractivity contribution in [1.29, 1.82) is 0 Å². The number of ether oxygens (including phenoxy) is 1. The summed E-state index contributed by atoms with van der Waals surface area (Å²) in [6.07, 6.45) is 4.81. The van der Waals surface area contributed by atoms with E-state index in [2.05, 4.69) is 30.8 Å². The van der Waals surface area contributed by atoms with Crippen LogP contribution in [-0.2, 0) is 17.8 Å². The second-order valence-electron chi connectivity index (χ2n) is 5.89. The van der Waals surface area contributed by atoms with Crippen molar-refractivity contribution in [2.24, 2.45) is 4.99 Å². The highest BCUT2D eigenvalue weighted by molar-refractivity contribution is 14.0. The van der Waals surface area contributed by atoms with E-state index in [4.69, 9.17) is 13.7 Å². The van der Waals surface area contributed by atoms with Crippen molar-refractivity contribution in [3.8, 4) is 11.6 Å². The molecule has 156 valence electrons. The number of furan rings is 1. The van der Waals surface area contributed by atoms with Crippen LogP contribution in [0.25, 0.3) is 11.6 Å². The number of aliphatic imine (C=N–C) groups is 1. The van der Waals surface area contributed by atoms with Gasteiger partial charge < -0.3 is 24.3 Å². The van der Waals surface area contributed by atoms with Gasteiger partial charge in [-0.05, 0) is 30.7 Å². The summed E-state index contributed by atoms with van der Waals surface area (Å²) in [6, 6.07) is 9.30. The minimum Gasteiger partial charge on any atom is -0.467 e. The molecule has 0 aliphatic rings. The molecule has 2 N–H and O–H groups in total. The average molecular weight is 512 g/mol. The van der Waals surface area contributed by atoms with Gasteiger partial charge in [0.15, 0.2) is 11.8 Å². The van der Waals surface area contributed by atoms with Crippen LogP contribution in [0.2, 0.25) is 0 Å². The largest absolute Gasteiger partial charge is 0.467 e. The predicted molar refractivity (Wildman–Crippen MR) is 119 cm³/mol. The van der Waals surface area contributed by atoms with E-state index >= 15 is 0 Å². The quantitative estimate of drug-likeness (QED) is 0.185. The zero-order chi connectivity index (χ0) is 19.4. The third-order valence-corrected chi connectivity index (χ3v) is 3.80. The van der Waals surface area contributed by atoms with Crippen molar-refractivity contribution in [2.75, 3.05) is 26.7 Å². The molecule has 9 nitrogen and oxygen atoms in total. The molecule has 3 aromatic rings. The summed E-state index contributed by atoms with van der Waals surface area (Å²) in [5, 5.41) is 10.4. The predicted octanol–water partition coefficient (Wildman–Crippen LogP) is 2.66. The molecular formula is C19H25IN6O3. The lowest BCUT2D eigenvalue weighted by atomic mass is 10.3. The van der Waals surface area contributed by atoms with E-state index in [1.165, 1.54) is 0 Å². The lowest BCUT2D eigenvalue weighted by molar-refractivity contribution is 0.105. The van der Waals surface area contributed by atoms with Crippen LogP contribution >= 0.6 is 24.0 Å². The van der Waals surface area contributed by atoms with E-state index in [0.29, 0.717) is 43.6 Å². The summed E-state index contributed by atoms with van der Waals surface area (Å²) < 4.78 is 16.0. The summed E-state index contributed by atoms with van der Waals surface area (Å²) in [5.41, 5.74) is 0.668. The van der Waals surface area contributed by atoms with Gasteiger partial charge in [0, 0.05) is 39.4 Å². The molecule has 0 fully saturated rings. The van der Waals surface area contributed by atoms with Crippen LogP contribution in [0.15, 0.2) is 56.7 Å². The third kappa shape index (κ3) is 7.81. The van der Waals surface area contributed by atoms with E-state index in [1.54, 1.807) is 19.5 Å². The van der Waals surface area contributed by atoms with Gasteiger partial charge in [0.1, 0.15) is 18.1 Å². The van der Waals surface area contributed by atoms with Gasteiger partial charge >= 0.3 is 0 Å². The van der Waals surface area contributed by atoms with Gasteiger partial charge in [0.2, 0.25) is 0 Å². The molecule has 3 heterocycles. The van der Waals surface area contributed by atoms with Crippen LogP contribution in [0.3, 0.4) is 0 Å². The highest BCUT2D eigenvalue weighted by Gasteiger charge is 2.09. The SMILES string of the molecule is CN=C(NCCCOCc1ccco1)NCCc1noc(-c2ccccn2)n1.I. The fourth-order valence-corrected chi connectivity index (χ4v) is 2.41. The van der Waals surface area contributed by atoms with Crippen molar-refractivity contribution in [3.05, 3.63) is 54.4 Å². The van der Waals surface area contributed by atoms with E-state index in [9.17, 15) is 0 Å². The minimum atomic E-state index is 0. The zero-order valence-electron chi connectivity index (χ0n) is 16.2. The van der Waals surface area contributed by atoms with E-state index in [1.807, 2.05) is 30.3 Å². The maximum Gasteiger partial charge on any atom is 0.276 e. The van der Waals surface area contributed by atoms with Crippen molar-refractivity contribution in [3.63, 3.8) is 0 Å². The Morgan fingerprint density at radius 1 is 1.17 bits per heavy atom. The monoisotopic (exact) mass is 512 g/mol. The topological polar surface area (TPSA) is 111 Å². The first-order valence-electron chi connectivity index (χ1n) is 9.14. The molecule has 0 aliphatic heterocycles. The normalized spacial score (nSPS) is 11.1. The summed E-state index contributed by atoms with van der Waals surface area (Å²) in [6.45, 7) is 2.52. The Hall–Kier alpha value is -2.47. The molecule has 0 amide bonds. The molecule has 0 bridgehead atoms. The number of halogens is 1. The fourth-order valence-electron chi connectivity index (χ4n) is 2.41. The molecule has 3 aromatic heterocycles. The Morgan fingerprint density at radius 3 is 2.83 bits per heavy atom. The van der Waals surface area contributed by atoms with E-state index < -0.39 is 0 Å². The number of hydrogen-bond donors (Lipinski definition) is 2. The summed E-state index contributed by atoms with van der Waals surface area (Å²) in [7, 11) is 1.73. The molecule has 0 aromatic carbocycles. The first-order chi connectivity index (χ1) is 13.8. The summed E-state index contributed by atoms with van der Waals surface area (Å²) >= 11 is 0. The van der Waals surface area contributed by atoms with Gasteiger partial charge in [-0.25, -0.2) is 0 Å². The maximum atomic E-state index is 5.55. The van der Waals surface area contributed by atoms with Gasteiger partial charge in [-0.2, -0.15) is 4.98 Å². The van der Waals surface area contributed by atoms with Gasteiger partial charge in [-0.15, -0.1) is 24.0 Å². The Kier molecular flexibility index (Phi) is 10.1. The Labute approximate surface area is 186 Å². The van der Waals surface area contributed by atoms with Crippen molar-refractivity contribution in [2.45, 2.75) is 19.4 Å². The zero-order valence-corrected chi connectivity index (χ0v) is 18.5. The Balaban J connectivity index is 0.00000300. The number of guanidine groups is 1. The van der Waals surface area contributed by atoms with Crippen LogP contribution in [0.1, 0.15) is 18.0 Å². The molecule has 0 unspecified atom stereocenters. The van der Waals surface area contributed by atoms with Gasteiger partial charge in [0.05, 0.1) is 6.26 Å². The van der Waals surface area contributed by atoms with Crippen LogP contribution in [0.4, 0.5) is 0 Å². The van der Waals surface area contributed by atoms with Crippen LogP contribution < -0.4 is 10.6 Å². The van der Waals surface area contributed by atoms with Crippen molar-refractivity contribution >= 4 is 29.9 Å². The molecule has 3 rings (SSSR count). The van der Waals surface area contributed by atoms with Crippen LogP contribution in [0, 0.1) is 0 Å². The molecule has 29 heavy (non-hydrogen) atoms. The molecule has 10 heteroatoms.